The van der Waals surface area contributed by atoms with Crippen LogP contribution in [0.1, 0.15) is 78.7 Å². The molecule has 2 atom stereocenters. The number of benzene rings is 2. The van der Waals surface area contributed by atoms with Crippen LogP contribution in [0.5, 0.6) is 5.88 Å². The SMILES string of the molecule is COc1ncc(-c2ccc(C(=O)O)cc2)cc1C1=C(CN2C(=O)O[C@H](c3cc(C)cc(C(F)(F)F)c3)[C@@H]2C)CC(C)(C)CC1. The maximum Gasteiger partial charge on any atom is 0.416 e. The summed E-state index contributed by atoms with van der Waals surface area (Å²) in [6.45, 7) is 7.96. The van der Waals surface area contributed by atoms with E-state index < -0.39 is 35.9 Å². The maximum absolute atomic E-state index is 13.6. The fourth-order valence-electron chi connectivity index (χ4n) is 6.19. The van der Waals surface area contributed by atoms with Gasteiger partial charge in [-0.15, -0.1) is 0 Å². The molecule has 0 radical (unpaired) electrons. The van der Waals surface area contributed by atoms with Gasteiger partial charge >= 0.3 is 18.2 Å². The Morgan fingerprint density at radius 1 is 1.14 bits per heavy atom. The molecule has 1 amide bonds. The van der Waals surface area contributed by atoms with Crippen molar-refractivity contribution < 1.29 is 37.3 Å². The first-order chi connectivity index (χ1) is 20.7. The Labute approximate surface area is 254 Å². The molecule has 10 heteroatoms. The Bertz CT molecular complexity index is 1630. The molecule has 0 spiro atoms. The number of carbonyl (C=O) groups is 2. The van der Waals surface area contributed by atoms with E-state index >= 15 is 0 Å². The van der Waals surface area contributed by atoms with Gasteiger partial charge in [-0.05, 0) is 91.1 Å². The van der Waals surface area contributed by atoms with Crippen molar-refractivity contribution >= 4 is 17.6 Å². The first-order valence-corrected chi connectivity index (χ1v) is 14.4. The highest BCUT2D eigenvalue weighted by Gasteiger charge is 2.42. The zero-order chi connectivity index (χ0) is 32.0. The zero-order valence-electron chi connectivity index (χ0n) is 25.3. The summed E-state index contributed by atoms with van der Waals surface area (Å²) in [5.41, 5.74) is 4.46. The summed E-state index contributed by atoms with van der Waals surface area (Å²) in [4.78, 5) is 30.7. The molecule has 0 saturated carbocycles. The van der Waals surface area contributed by atoms with Gasteiger partial charge in [0, 0.05) is 23.9 Å². The topological polar surface area (TPSA) is 89.0 Å². The molecule has 1 aliphatic carbocycles. The number of methoxy groups -OCH3 is 1. The quantitative estimate of drug-likeness (QED) is 0.290. The fourth-order valence-corrected chi connectivity index (χ4v) is 6.19. The van der Waals surface area contributed by atoms with E-state index in [4.69, 9.17) is 9.47 Å². The average molecular weight is 609 g/mol. The highest BCUT2D eigenvalue weighted by molar-refractivity contribution is 5.88. The number of carboxylic acid groups (broad SMARTS) is 1. The number of allylic oxidation sites excluding steroid dienone is 1. The highest BCUT2D eigenvalue weighted by atomic mass is 19.4. The van der Waals surface area contributed by atoms with Crippen LogP contribution >= 0.6 is 0 Å². The maximum atomic E-state index is 13.6. The smallest absolute Gasteiger partial charge is 0.416 e. The van der Waals surface area contributed by atoms with Gasteiger partial charge in [0.15, 0.2) is 0 Å². The van der Waals surface area contributed by atoms with E-state index in [0.717, 1.165) is 46.4 Å². The molecule has 2 heterocycles. The molecule has 0 bridgehead atoms. The van der Waals surface area contributed by atoms with E-state index in [9.17, 15) is 27.9 Å². The molecule has 44 heavy (non-hydrogen) atoms. The lowest BCUT2D eigenvalue weighted by atomic mass is 9.72. The minimum Gasteiger partial charge on any atom is -0.481 e. The van der Waals surface area contributed by atoms with E-state index in [2.05, 4.69) is 18.8 Å². The molecular formula is C34H35F3N2O5. The second kappa shape index (κ2) is 11.6. The van der Waals surface area contributed by atoms with E-state index in [0.29, 0.717) is 29.8 Å². The van der Waals surface area contributed by atoms with E-state index in [1.165, 1.54) is 12.1 Å². The summed E-state index contributed by atoms with van der Waals surface area (Å²) in [5, 5.41) is 9.28. The molecule has 232 valence electrons. The Morgan fingerprint density at radius 2 is 1.84 bits per heavy atom. The summed E-state index contributed by atoms with van der Waals surface area (Å²) in [5.74, 6) is -0.581. The van der Waals surface area contributed by atoms with Gasteiger partial charge in [-0.2, -0.15) is 13.2 Å². The molecule has 1 fully saturated rings. The third-order valence-electron chi connectivity index (χ3n) is 8.51. The molecule has 7 nitrogen and oxygen atoms in total. The number of ether oxygens (including phenoxy) is 2. The van der Waals surface area contributed by atoms with E-state index in [1.807, 2.05) is 6.07 Å². The third-order valence-corrected chi connectivity index (χ3v) is 8.51. The summed E-state index contributed by atoms with van der Waals surface area (Å²) in [6.07, 6.45) is -1.99. The molecule has 3 aromatic rings. The van der Waals surface area contributed by atoms with Gasteiger partial charge in [-0.25, -0.2) is 14.6 Å². The number of aromatic nitrogens is 1. The number of halogens is 3. The lowest BCUT2D eigenvalue weighted by Crippen LogP contribution is -2.35. The van der Waals surface area contributed by atoms with E-state index in [1.54, 1.807) is 50.3 Å². The van der Waals surface area contributed by atoms with Crippen LogP contribution in [-0.4, -0.2) is 46.7 Å². The van der Waals surface area contributed by atoms with Crippen molar-refractivity contribution in [1.29, 1.82) is 0 Å². The number of amides is 1. The Kier molecular flexibility index (Phi) is 8.22. The van der Waals surface area contributed by atoms with Gasteiger partial charge in [0.2, 0.25) is 5.88 Å². The monoisotopic (exact) mass is 608 g/mol. The number of aryl methyl sites for hydroxylation is 1. The third kappa shape index (κ3) is 6.30. The van der Waals surface area contributed by atoms with Gasteiger partial charge in [-0.1, -0.05) is 37.6 Å². The number of cyclic esters (lactones) is 1. The van der Waals surface area contributed by atoms with Gasteiger partial charge < -0.3 is 14.6 Å². The summed E-state index contributed by atoms with van der Waals surface area (Å²) in [7, 11) is 1.54. The summed E-state index contributed by atoms with van der Waals surface area (Å²) < 4.78 is 52.0. The number of hydrogen-bond acceptors (Lipinski definition) is 5. The molecule has 1 N–H and O–H groups in total. The number of pyridine rings is 1. The van der Waals surface area contributed by atoms with Crippen molar-refractivity contribution in [1.82, 2.24) is 9.88 Å². The van der Waals surface area contributed by atoms with Crippen LogP contribution in [0.4, 0.5) is 18.0 Å². The van der Waals surface area contributed by atoms with Crippen molar-refractivity contribution in [2.24, 2.45) is 5.41 Å². The minimum atomic E-state index is -4.51. The van der Waals surface area contributed by atoms with Crippen LogP contribution < -0.4 is 4.74 Å². The molecule has 2 aromatic carbocycles. The predicted octanol–water partition coefficient (Wildman–Crippen LogP) is 8.33. The van der Waals surface area contributed by atoms with Crippen molar-refractivity contribution in [2.75, 3.05) is 13.7 Å². The number of alkyl halides is 3. The second-order valence-corrected chi connectivity index (χ2v) is 12.4. The van der Waals surface area contributed by atoms with Crippen molar-refractivity contribution in [3.8, 4) is 17.0 Å². The van der Waals surface area contributed by atoms with Crippen LogP contribution in [0.25, 0.3) is 16.7 Å². The number of carbonyl (C=O) groups excluding carboxylic acids is 1. The molecule has 2 aliphatic rings. The molecule has 1 aliphatic heterocycles. The predicted molar refractivity (Wildman–Crippen MR) is 159 cm³/mol. The fraction of sp³-hybridized carbons (Fsp3) is 0.382. The van der Waals surface area contributed by atoms with Crippen molar-refractivity contribution in [3.63, 3.8) is 0 Å². The molecule has 1 saturated heterocycles. The summed E-state index contributed by atoms with van der Waals surface area (Å²) in [6, 6.07) is 11.8. The molecule has 0 unspecified atom stereocenters. The number of rotatable bonds is 7. The van der Waals surface area contributed by atoms with Crippen molar-refractivity contribution in [3.05, 3.63) is 88.1 Å². The molecule has 1 aromatic heterocycles. The van der Waals surface area contributed by atoms with Gasteiger partial charge in [-0.3, -0.25) is 4.90 Å². The van der Waals surface area contributed by atoms with Gasteiger partial charge in [0.1, 0.15) is 6.10 Å². The van der Waals surface area contributed by atoms with Gasteiger partial charge in [0.25, 0.3) is 0 Å². The second-order valence-electron chi connectivity index (χ2n) is 12.4. The average Bonchev–Trinajstić information content (AvgIpc) is 3.24. The zero-order valence-corrected chi connectivity index (χ0v) is 25.3. The first kappa shape index (κ1) is 31.1. The highest BCUT2D eigenvalue weighted by Crippen LogP contribution is 2.46. The van der Waals surface area contributed by atoms with Crippen LogP contribution in [0.15, 0.2) is 60.3 Å². The number of nitrogens with zero attached hydrogens (tertiary/aromatic N) is 2. The number of hydrogen-bond donors (Lipinski definition) is 1. The van der Waals surface area contributed by atoms with Gasteiger partial charge in [0.05, 0.1) is 24.3 Å². The summed E-state index contributed by atoms with van der Waals surface area (Å²) >= 11 is 0. The molecular weight excluding hydrogens is 573 g/mol. The largest absolute Gasteiger partial charge is 0.481 e. The Balaban J connectivity index is 1.52. The standard InChI is InChI=1S/C34H35F3N2O5/c1-19-12-23(14-26(13-19)34(35,36)37)29-20(2)39(32(42)44-29)18-25-16-33(3,4)11-10-27(25)28-15-24(17-38-30(28)43-5)21-6-8-22(9-7-21)31(40)41/h6-9,12-15,17,20,29H,10-11,16,18H2,1-5H3,(H,40,41)/t20-,29-/m0/s1. The van der Waals surface area contributed by atoms with Crippen molar-refractivity contribution in [2.45, 2.75) is 65.3 Å². The lowest BCUT2D eigenvalue weighted by Gasteiger charge is -2.35. The Morgan fingerprint density at radius 3 is 2.48 bits per heavy atom. The lowest BCUT2D eigenvalue weighted by molar-refractivity contribution is -0.137. The van der Waals surface area contributed by atoms with Crippen LogP contribution in [0.3, 0.4) is 0 Å². The Hall–Kier alpha value is -4.34. The van der Waals surface area contributed by atoms with Crippen LogP contribution in [-0.2, 0) is 10.9 Å². The van der Waals surface area contributed by atoms with Crippen LogP contribution in [0.2, 0.25) is 0 Å². The normalized spacial score (nSPS) is 20.1. The number of carboxylic acids is 1. The first-order valence-electron chi connectivity index (χ1n) is 14.4. The van der Waals surface area contributed by atoms with E-state index in [-0.39, 0.29) is 17.5 Å². The minimum absolute atomic E-state index is 0.0474. The van der Waals surface area contributed by atoms with Crippen LogP contribution in [0, 0.1) is 12.3 Å². The number of aromatic carboxylic acids is 1. The molecule has 5 rings (SSSR count).